The third-order valence-corrected chi connectivity index (χ3v) is 3.98. The molecule has 2 atom stereocenters. The van der Waals surface area contributed by atoms with Gasteiger partial charge in [-0.25, -0.2) is 0 Å². The highest BCUT2D eigenvalue weighted by atomic mass is 16.5. The number of benzene rings is 2. The van der Waals surface area contributed by atoms with Crippen molar-refractivity contribution in [2.24, 2.45) is 0 Å². The Kier molecular flexibility index (Phi) is 6.20. The fraction of sp³-hybridized carbons (Fsp3) is 0.400. The first-order valence-corrected chi connectivity index (χ1v) is 8.14. The molecule has 0 saturated heterocycles. The summed E-state index contributed by atoms with van der Waals surface area (Å²) in [6.07, 6.45) is -0.540. The van der Waals surface area contributed by atoms with Crippen molar-refractivity contribution in [3.05, 3.63) is 64.7 Å². The van der Waals surface area contributed by atoms with Crippen LogP contribution in [0.5, 0.6) is 5.75 Å². The van der Waals surface area contributed by atoms with Crippen LogP contribution in [0.4, 0.5) is 0 Å². The van der Waals surface area contributed by atoms with E-state index >= 15 is 0 Å². The second kappa shape index (κ2) is 8.14. The molecule has 124 valence electrons. The average molecular weight is 313 g/mol. The quantitative estimate of drug-likeness (QED) is 0.819. The topological polar surface area (TPSA) is 41.5 Å². The highest BCUT2D eigenvalue weighted by Crippen LogP contribution is 2.24. The molecular weight excluding hydrogens is 286 g/mol. The number of hydrogen-bond acceptors (Lipinski definition) is 3. The monoisotopic (exact) mass is 313 g/mol. The van der Waals surface area contributed by atoms with Gasteiger partial charge in [0.05, 0.1) is 0 Å². The van der Waals surface area contributed by atoms with Crippen LogP contribution in [0.2, 0.25) is 0 Å². The van der Waals surface area contributed by atoms with Gasteiger partial charge in [0.2, 0.25) is 0 Å². The number of hydrogen-bond donors (Lipinski definition) is 2. The van der Waals surface area contributed by atoms with Gasteiger partial charge in [-0.2, -0.15) is 0 Å². The predicted octanol–water partition coefficient (Wildman–Crippen LogP) is 3.70. The summed E-state index contributed by atoms with van der Waals surface area (Å²) in [5.74, 6) is 0.880. The van der Waals surface area contributed by atoms with Crippen molar-refractivity contribution in [2.75, 3.05) is 13.2 Å². The zero-order chi connectivity index (χ0) is 16.8. The van der Waals surface area contributed by atoms with E-state index in [1.165, 1.54) is 11.1 Å². The van der Waals surface area contributed by atoms with E-state index in [9.17, 15) is 5.11 Å². The van der Waals surface area contributed by atoms with E-state index in [0.717, 1.165) is 16.9 Å². The Morgan fingerprint density at radius 2 is 1.65 bits per heavy atom. The van der Waals surface area contributed by atoms with E-state index in [4.69, 9.17) is 4.74 Å². The molecule has 2 rings (SSSR count). The molecule has 0 saturated carbocycles. The second-order valence-electron chi connectivity index (χ2n) is 6.23. The van der Waals surface area contributed by atoms with Crippen LogP contribution in [0.15, 0.2) is 42.5 Å². The van der Waals surface area contributed by atoms with Gasteiger partial charge in [0.1, 0.15) is 18.5 Å². The second-order valence-corrected chi connectivity index (χ2v) is 6.23. The molecule has 2 aromatic rings. The molecule has 0 heterocycles. The van der Waals surface area contributed by atoms with E-state index in [1.54, 1.807) is 0 Å². The Bertz CT molecular complexity index is 602. The Balaban J connectivity index is 1.83. The third kappa shape index (κ3) is 5.08. The Morgan fingerprint density at radius 3 is 2.26 bits per heavy atom. The third-order valence-electron chi connectivity index (χ3n) is 3.98. The molecular formula is C20H27NO2. The fourth-order valence-corrected chi connectivity index (χ4v) is 2.81. The molecule has 3 nitrogen and oxygen atoms in total. The molecule has 2 N–H and O–H groups in total. The van der Waals surface area contributed by atoms with Crippen LogP contribution in [0, 0.1) is 20.8 Å². The summed E-state index contributed by atoms with van der Waals surface area (Å²) in [7, 11) is 0. The molecule has 0 aliphatic heterocycles. The SMILES string of the molecule is Cc1cc(C)c(OCC(O)CNC(C)c2ccccc2)c(C)c1. The Hall–Kier alpha value is -1.84. The molecule has 0 bridgehead atoms. The van der Waals surface area contributed by atoms with Crippen molar-refractivity contribution in [3.63, 3.8) is 0 Å². The van der Waals surface area contributed by atoms with E-state index in [-0.39, 0.29) is 6.04 Å². The lowest BCUT2D eigenvalue weighted by Crippen LogP contribution is -2.33. The number of aryl methyl sites for hydroxylation is 3. The molecule has 0 aliphatic carbocycles. The molecule has 3 heteroatoms. The summed E-state index contributed by atoms with van der Waals surface area (Å²) < 4.78 is 5.83. The van der Waals surface area contributed by atoms with Crippen LogP contribution in [-0.2, 0) is 0 Å². The van der Waals surface area contributed by atoms with Crippen molar-refractivity contribution in [1.82, 2.24) is 5.32 Å². The lowest BCUT2D eigenvalue weighted by molar-refractivity contribution is 0.103. The van der Waals surface area contributed by atoms with Gasteiger partial charge < -0.3 is 15.2 Å². The number of aliphatic hydroxyl groups excluding tert-OH is 1. The molecule has 23 heavy (non-hydrogen) atoms. The fourth-order valence-electron chi connectivity index (χ4n) is 2.81. The van der Waals surface area contributed by atoms with Crippen LogP contribution in [0.25, 0.3) is 0 Å². The first-order valence-electron chi connectivity index (χ1n) is 8.14. The lowest BCUT2D eigenvalue weighted by Gasteiger charge is -2.19. The summed E-state index contributed by atoms with van der Waals surface area (Å²) in [6.45, 7) is 9.04. The largest absolute Gasteiger partial charge is 0.490 e. The van der Waals surface area contributed by atoms with Gasteiger partial charge in [-0.15, -0.1) is 0 Å². The van der Waals surface area contributed by atoms with Crippen LogP contribution >= 0.6 is 0 Å². The molecule has 2 unspecified atom stereocenters. The van der Waals surface area contributed by atoms with Gasteiger partial charge in [0.15, 0.2) is 0 Å². The van der Waals surface area contributed by atoms with Crippen molar-refractivity contribution in [2.45, 2.75) is 39.8 Å². The van der Waals surface area contributed by atoms with E-state index in [1.807, 2.05) is 32.0 Å². The number of aliphatic hydroxyl groups is 1. The minimum Gasteiger partial charge on any atom is -0.490 e. The van der Waals surface area contributed by atoms with E-state index < -0.39 is 6.10 Å². The van der Waals surface area contributed by atoms with Crippen LogP contribution in [0.1, 0.15) is 35.2 Å². The summed E-state index contributed by atoms with van der Waals surface area (Å²) in [4.78, 5) is 0. The van der Waals surface area contributed by atoms with Gasteiger partial charge in [0, 0.05) is 12.6 Å². The van der Waals surface area contributed by atoms with Gasteiger partial charge >= 0.3 is 0 Å². The maximum atomic E-state index is 10.2. The lowest BCUT2D eigenvalue weighted by atomic mass is 10.1. The zero-order valence-electron chi connectivity index (χ0n) is 14.5. The Morgan fingerprint density at radius 1 is 1.04 bits per heavy atom. The molecule has 0 fully saturated rings. The molecule has 0 spiro atoms. The van der Waals surface area contributed by atoms with Gasteiger partial charge in [-0.3, -0.25) is 0 Å². The van der Waals surface area contributed by atoms with Gasteiger partial charge in [0.25, 0.3) is 0 Å². The summed E-state index contributed by atoms with van der Waals surface area (Å²) in [6, 6.07) is 14.6. The summed E-state index contributed by atoms with van der Waals surface area (Å²) in [5.41, 5.74) is 4.66. The number of nitrogens with one attached hydrogen (secondary N) is 1. The number of rotatable bonds is 7. The van der Waals surface area contributed by atoms with Crippen molar-refractivity contribution < 1.29 is 9.84 Å². The molecule has 0 aliphatic rings. The zero-order valence-corrected chi connectivity index (χ0v) is 14.5. The van der Waals surface area contributed by atoms with E-state index in [2.05, 4.69) is 43.4 Å². The Labute approximate surface area is 139 Å². The molecule has 0 radical (unpaired) electrons. The molecule has 2 aromatic carbocycles. The summed E-state index contributed by atoms with van der Waals surface area (Å²) >= 11 is 0. The number of ether oxygens (including phenoxy) is 1. The maximum Gasteiger partial charge on any atom is 0.125 e. The first-order chi connectivity index (χ1) is 11.0. The standard InChI is InChI=1S/C20H27NO2/c1-14-10-15(2)20(16(3)11-14)23-13-19(22)12-21-17(4)18-8-6-5-7-9-18/h5-11,17,19,21-22H,12-13H2,1-4H3. The summed E-state index contributed by atoms with van der Waals surface area (Å²) in [5, 5.41) is 13.5. The van der Waals surface area contributed by atoms with Gasteiger partial charge in [-0.1, -0.05) is 48.0 Å². The average Bonchev–Trinajstić information content (AvgIpc) is 2.52. The van der Waals surface area contributed by atoms with Crippen molar-refractivity contribution in [3.8, 4) is 5.75 Å². The van der Waals surface area contributed by atoms with Crippen LogP contribution < -0.4 is 10.1 Å². The van der Waals surface area contributed by atoms with E-state index in [0.29, 0.717) is 13.2 Å². The molecule has 0 aromatic heterocycles. The maximum absolute atomic E-state index is 10.2. The minimum absolute atomic E-state index is 0.202. The van der Waals surface area contributed by atoms with Crippen molar-refractivity contribution >= 4 is 0 Å². The highest BCUT2D eigenvalue weighted by Gasteiger charge is 2.11. The minimum atomic E-state index is -0.540. The van der Waals surface area contributed by atoms with Gasteiger partial charge in [-0.05, 0) is 44.4 Å². The predicted molar refractivity (Wildman–Crippen MR) is 95.0 cm³/mol. The van der Waals surface area contributed by atoms with Crippen molar-refractivity contribution in [1.29, 1.82) is 0 Å². The van der Waals surface area contributed by atoms with Crippen LogP contribution in [-0.4, -0.2) is 24.4 Å². The molecule has 0 amide bonds. The first kappa shape index (κ1) is 17.5. The normalized spacial score (nSPS) is 13.6. The highest BCUT2D eigenvalue weighted by molar-refractivity contribution is 5.42. The van der Waals surface area contributed by atoms with Crippen LogP contribution in [0.3, 0.4) is 0 Å². The smallest absolute Gasteiger partial charge is 0.125 e.